The first-order chi connectivity index (χ1) is 34.6. The highest BCUT2D eigenvalue weighted by atomic mass is 16.7. The van der Waals surface area contributed by atoms with Gasteiger partial charge in [-0.05, 0) is 19.3 Å². The number of carbonyl (C=O) groups is 1. The molecule has 2 aliphatic rings. The largest absolute Gasteiger partial charge is 0.394 e. The smallest absolute Gasteiger partial charge is 0.220 e. The normalized spacial score (nSPS) is 25.8. The van der Waals surface area contributed by atoms with Gasteiger partial charge in [0.25, 0.3) is 0 Å². The zero-order valence-electron chi connectivity index (χ0n) is 45.0. The fourth-order valence-electron chi connectivity index (χ4n) is 9.94. The van der Waals surface area contributed by atoms with Gasteiger partial charge in [0.1, 0.15) is 48.8 Å². The molecule has 420 valence electrons. The van der Waals surface area contributed by atoms with Crippen LogP contribution in [0.15, 0.2) is 12.2 Å². The predicted octanol–water partition coefficient (Wildman–Crippen LogP) is 9.50. The maximum Gasteiger partial charge on any atom is 0.220 e. The Balaban J connectivity index is 1.78. The lowest BCUT2D eigenvalue weighted by molar-refractivity contribution is -0.359. The molecule has 0 bridgehead atoms. The van der Waals surface area contributed by atoms with Gasteiger partial charge in [-0.15, -0.1) is 0 Å². The van der Waals surface area contributed by atoms with Crippen molar-refractivity contribution in [1.82, 2.24) is 5.32 Å². The van der Waals surface area contributed by atoms with Crippen molar-refractivity contribution >= 4 is 5.91 Å². The molecule has 9 N–H and O–H groups in total. The van der Waals surface area contributed by atoms with Crippen LogP contribution in [-0.4, -0.2) is 140 Å². The van der Waals surface area contributed by atoms with Gasteiger partial charge in [-0.3, -0.25) is 4.79 Å². The molecule has 0 aromatic heterocycles. The van der Waals surface area contributed by atoms with Crippen LogP contribution < -0.4 is 5.32 Å². The maximum atomic E-state index is 13.2. The number of unbranched alkanes of at least 4 members (excludes halogenated alkanes) is 34. The number of hydrogen-bond donors (Lipinski definition) is 9. The summed E-state index contributed by atoms with van der Waals surface area (Å²) in [5, 5.41) is 87.0. The summed E-state index contributed by atoms with van der Waals surface area (Å²) in [5.41, 5.74) is 0. The number of carbonyl (C=O) groups excluding carboxylic acids is 1. The number of amides is 1. The van der Waals surface area contributed by atoms with E-state index in [-0.39, 0.29) is 18.9 Å². The number of rotatable bonds is 47. The van der Waals surface area contributed by atoms with Gasteiger partial charge in [0.05, 0.1) is 32.0 Å². The first kappa shape index (κ1) is 65.8. The third-order valence-corrected chi connectivity index (χ3v) is 14.7. The monoisotopic (exact) mass is 1020 g/mol. The molecule has 0 radical (unpaired) electrons. The van der Waals surface area contributed by atoms with Gasteiger partial charge in [-0.25, -0.2) is 0 Å². The van der Waals surface area contributed by atoms with Crippen LogP contribution in [0.4, 0.5) is 0 Å². The first-order valence-electron chi connectivity index (χ1n) is 29.4. The number of aliphatic hydroxyl groups is 8. The highest BCUT2D eigenvalue weighted by molar-refractivity contribution is 5.76. The van der Waals surface area contributed by atoms with Crippen LogP contribution in [0.1, 0.15) is 251 Å². The highest BCUT2D eigenvalue weighted by Gasteiger charge is 2.51. The number of nitrogens with one attached hydrogen (secondary N) is 1. The van der Waals surface area contributed by atoms with E-state index < -0.39 is 86.8 Å². The van der Waals surface area contributed by atoms with E-state index in [1.165, 1.54) is 186 Å². The van der Waals surface area contributed by atoms with Crippen LogP contribution in [0.2, 0.25) is 0 Å². The summed E-state index contributed by atoms with van der Waals surface area (Å²) in [4.78, 5) is 13.2. The molecule has 12 atom stereocenters. The van der Waals surface area contributed by atoms with E-state index in [0.717, 1.165) is 38.5 Å². The molecule has 0 spiro atoms. The average molecular weight is 1020 g/mol. The van der Waals surface area contributed by atoms with Gasteiger partial charge >= 0.3 is 0 Å². The second-order valence-electron chi connectivity index (χ2n) is 21.1. The fraction of sp³-hybridized carbons (Fsp3) is 0.947. The van der Waals surface area contributed by atoms with Gasteiger partial charge < -0.3 is 65.1 Å². The van der Waals surface area contributed by atoms with Gasteiger partial charge in [0.2, 0.25) is 5.91 Å². The number of hydrogen-bond acceptors (Lipinski definition) is 13. The lowest BCUT2D eigenvalue weighted by atomic mass is 9.97. The van der Waals surface area contributed by atoms with Gasteiger partial charge in [0, 0.05) is 6.42 Å². The summed E-state index contributed by atoms with van der Waals surface area (Å²) in [5.74, 6) is -0.235. The van der Waals surface area contributed by atoms with Crippen LogP contribution in [-0.2, 0) is 23.7 Å². The SMILES string of the molecule is CCCCCCCCCCCCCCCCCCCCC/C=C/C(O)C(COC1OC(CO)C(OC2OC(CO)C(O)C(O)C2O)C(O)C1O)NC(=O)CCCCCCCCCCCCCCCCCC. The Bertz CT molecular complexity index is 1240. The van der Waals surface area contributed by atoms with Crippen LogP contribution in [0.5, 0.6) is 0 Å². The molecule has 12 unspecified atom stereocenters. The quantitative estimate of drug-likeness (QED) is 0.0205. The van der Waals surface area contributed by atoms with E-state index in [1.54, 1.807) is 6.08 Å². The van der Waals surface area contributed by atoms with E-state index in [0.29, 0.717) is 6.42 Å². The maximum absolute atomic E-state index is 13.2. The van der Waals surface area contributed by atoms with Crippen LogP contribution in [0.3, 0.4) is 0 Å². The summed E-state index contributed by atoms with van der Waals surface area (Å²) in [6, 6.07) is -0.909. The summed E-state index contributed by atoms with van der Waals surface area (Å²) < 4.78 is 22.8. The third kappa shape index (κ3) is 30.2. The van der Waals surface area contributed by atoms with Crippen molar-refractivity contribution in [2.45, 2.75) is 325 Å². The van der Waals surface area contributed by atoms with Crippen LogP contribution in [0, 0.1) is 0 Å². The van der Waals surface area contributed by atoms with Crippen molar-refractivity contribution in [2.24, 2.45) is 0 Å². The van der Waals surface area contributed by atoms with E-state index in [4.69, 9.17) is 18.9 Å². The Morgan fingerprint density at radius 3 is 1.30 bits per heavy atom. The van der Waals surface area contributed by atoms with Crippen molar-refractivity contribution in [3.05, 3.63) is 12.2 Å². The summed E-state index contributed by atoms with van der Waals surface area (Å²) >= 11 is 0. The van der Waals surface area contributed by atoms with Gasteiger partial charge in [-0.2, -0.15) is 0 Å². The number of aliphatic hydroxyl groups excluding tert-OH is 8. The topological polar surface area (TPSA) is 228 Å². The molecule has 1 amide bonds. The van der Waals surface area contributed by atoms with E-state index in [1.807, 2.05) is 6.08 Å². The lowest BCUT2D eigenvalue weighted by Crippen LogP contribution is -2.65. The molecule has 2 heterocycles. The summed E-state index contributed by atoms with van der Waals surface area (Å²) in [6.45, 7) is 2.83. The minimum Gasteiger partial charge on any atom is -0.394 e. The summed E-state index contributed by atoms with van der Waals surface area (Å²) in [6.07, 6.45) is 32.4. The van der Waals surface area contributed by atoms with Crippen molar-refractivity contribution in [3.63, 3.8) is 0 Å². The highest BCUT2D eigenvalue weighted by Crippen LogP contribution is 2.30. The Hall–Kier alpha value is -1.27. The molecule has 14 heteroatoms. The molecule has 0 saturated carbocycles. The van der Waals surface area contributed by atoms with Crippen molar-refractivity contribution in [1.29, 1.82) is 0 Å². The van der Waals surface area contributed by atoms with Crippen LogP contribution in [0.25, 0.3) is 0 Å². The molecule has 71 heavy (non-hydrogen) atoms. The molecule has 2 aliphatic heterocycles. The van der Waals surface area contributed by atoms with E-state index >= 15 is 0 Å². The van der Waals surface area contributed by atoms with Gasteiger partial charge in [-0.1, -0.05) is 238 Å². The zero-order valence-corrected chi connectivity index (χ0v) is 45.0. The fourth-order valence-corrected chi connectivity index (χ4v) is 9.94. The summed E-state index contributed by atoms with van der Waals surface area (Å²) in [7, 11) is 0. The first-order valence-corrected chi connectivity index (χ1v) is 29.4. The molecule has 0 aliphatic carbocycles. The molecule has 14 nitrogen and oxygen atoms in total. The predicted molar refractivity (Wildman–Crippen MR) is 282 cm³/mol. The van der Waals surface area contributed by atoms with E-state index in [9.17, 15) is 45.6 Å². The Morgan fingerprint density at radius 1 is 0.493 bits per heavy atom. The zero-order chi connectivity index (χ0) is 51.7. The van der Waals surface area contributed by atoms with Crippen LogP contribution >= 0.6 is 0 Å². The molecular weight excluding hydrogens is 907 g/mol. The van der Waals surface area contributed by atoms with Crippen molar-refractivity contribution < 1.29 is 64.6 Å². The number of ether oxygens (including phenoxy) is 4. The number of allylic oxidation sites excluding steroid dienone is 1. The standard InChI is InChI=1S/C57H109NO13/c1-3-5-7-9-11-13-15-17-19-21-22-23-24-25-26-28-30-32-34-36-38-40-46(61)45(58-49(62)41-39-37-35-33-31-29-27-20-18-16-14-12-10-8-6-4-2)44-68-56-54(67)52(65)55(48(43-60)70-56)71-57-53(66)51(64)50(63)47(42-59)69-57/h38,40,45-48,50-57,59-61,63-67H,3-37,39,41-44H2,1-2H3,(H,58,62)/b40-38+. The molecule has 0 aromatic carbocycles. The molecule has 2 saturated heterocycles. The minimum absolute atomic E-state index is 0.235. The Labute approximate surface area is 431 Å². The lowest BCUT2D eigenvalue weighted by Gasteiger charge is -2.46. The second-order valence-corrected chi connectivity index (χ2v) is 21.1. The molecule has 0 aromatic rings. The molecule has 2 fully saturated rings. The Kier molecular flexibility index (Phi) is 40.7. The minimum atomic E-state index is -1.78. The second kappa shape index (κ2) is 43.9. The Morgan fingerprint density at radius 2 is 0.873 bits per heavy atom. The van der Waals surface area contributed by atoms with Crippen molar-refractivity contribution in [2.75, 3.05) is 19.8 Å². The van der Waals surface area contributed by atoms with Crippen molar-refractivity contribution in [3.8, 4) is 0 Å². The molecule has 2 rings (SSSR count). The molecular formula is C57H109NO13. The average Bonchev–Trinajstić information content (AvgIpc) is 3.37. The third-order valence-electron chi connectivity index (χ3n) is 14.7. The van der Waals surface area contributed by atoms with E-state index in [2.05, 4.69) is 19.2 Å². The van der Waals surface area contributed by atoms with Gasteiger partial charge in [0.15, 0.2) is 12.6 Å².